The number of carbonyl (C=O) groups excluding carboxylic acids is 1. The molecule has 1 rings (SSSR count). The van der Waals surface area contributed by atoms with Crippen LogP contribution in [0.2, 0.25) is 0 Å². The van der Waals surface area contributed by atoms with Gasteiger partial charge in [0.2, 0.25) is 0 Å². The molecule has 80 valence electrons. The molecule has 0 saturated carbocycles. The van der Waals surface area contributed by atoms with Crippen LogP contribution in [-0.4, -0.2) is 18.3 Å². The highest BCUT2D eigenvalue weighted by molar-refractivity contribution is 7.80. The lowest BCUT2D eigenvalue weighted by atomic mass is 10.2. The lowest BCUT2D eigenvalue weighted by molar-refractivity contribution is 0.145. The van der Waals surface area contributed by atoms with Crippen molar-refractivity contribution in [3.8, 4) is 0 Å². The normalized spacial score (nSPS) is 9.13. The monoisotopic (exact) mass is 224 g/mol. The molecule has 0 aliphatic heterocycles. The average molecular weight is 224 g/mol. The topological polar surface area (TPSA) is 50.4 Å². The van der Waals surface area contributed by atoms with Gasteiger partial charge in [-0.25, -0.2) is 4.79 Å². The molecule has 0 heterocycles. The Bertz CT molecular complexity index is 341. The SMILES string of the molecule is CNC(=S)NC(=O)OCc1ccccc1. The summed E-state index contributed by atoms with van der Waals surface area (Å²) < 4.78 is 4.92. The second-order valence-electron chi connectivity index (χ2n) is 2.77. The maximum absolute atomic E-state index is 11.1. The van der Waals surface area contributed by atoms with Gasteiger partial charge in [-0.2, -0.15) is 0 Å². The maximum Gasteiger partial charge on any atom is 0.413 e. The first-order chi connectivity index (χ1) is 7.22. The zero-order valence-corrected chi connectivity index (χ0v) is 9.14. The smallest absolute Gasteiger partial charge is 0.413 e. The molecule has 4 nitrogen and oxygen atoms in total. The van der Waals surface area contributed by atoms with Crippen molar-refractivity contribution in [2.45, 2.75) is 6.61 Å². The van der Waals surface area contributed by atoms with Crippen molar-refractivity contribution in [2.24, 2.45) is 0 Å². The molecule has 0 spiro atoms. The Balaban J connectivity index is 2.32. The van der Waals surface area contributed by atoms with Gasteiger partial charge in [-0.1, -0.05) is 30.3 Å². The quantitative estimate of drug-likeness (QED) is 0.746. The van der Waals surface area contributed by atoms with Crippen molar-refractivity contribution in [3.05, 3.63) is 35.9 Å². The van der Waals surface area contributed by atoms with Gasteiger partial charge in [0.25, 0.3) is 0 Å². The highest BCUT2D eigenvalue weighted by Crippen LogP contribution is 2.00. The number of rotatable bonds is 2. The Morgan fingerprint density at radius 1 is 1.40 bits per heavy atom. The van der Waals surface area contributed by atoms with Crippen molar-refractivity contribution >= 4 is 23.4 Å². The molecule has 0 fully saturated rings. The Hall–Kier alpha value is -1.62. The van der Waals surface area contributed by atoms with Crippen LogP contribution in [0.25, 0.3) is 0 Å². The Labute approximate surface area is 93.6 Å². The number of hydrogen-bond donors (Lipinski definition) is 2. The molecule has 0 atom stereocenters. The minimum atomic E-state index is -0.557. The molecule has 15 heavy (non-hydrogen) atoms. The number of hydrogen-bond acceptors (Lipinski definition) is 3. The van der Waals surface area contributed by atoms with Crippen LogP contribution in [0.3, 0.4) is 0 Å². The summed E-state index contributed by atoms with van der Waals surface area (Å²) in [5.74, 6) is 0. The summed E-state index contributed by atoms with van der Waals surface area (Å²) >= 11 is 4.74. The largest absolute Gasteiger partial charge is 0.444 e. The molecule has 0 saturated heterocycles. The second kappa shape index (κ2) is 5.98. The molecule has 1 amide bonds. The Morgan fingerprint density at radius 3 is 2.67 bits per heavy atom. The van der Waals surface area contributed by atoms with Crippen molar-refractivity contribution in [2.75, 3.05) is 7.05 Å². The molecule has 0 aliphatic rings. The standard InChI is InChI=1S/C10H12N2O2S/c1-11-9(15)12-10(13)14-7-8-5-3-2-4-6-8/h2-6H,7H2,1H3,(H2,11,12,13,15). The van der Waals surface area contributed by atoms with Gasteiger partial charge in [-0.3, -0.25) is 5.32 Å². The third-order valence-corrected chi connectivity index (χ3v) is 1.96. The van der Waals surface area contributed by atoms with Crippen LogP contribution in [0.15, 0.2) is 30.3 Å². The molecule has 0 aliphatic carbocycles. The fraction of sp³-hybridized carbons (Fsp3) is 0.200. The van der Waals surface area contributed by atoms with Gasteiger partial charge in [0, 0.05) is 7.05 Å². The molecular formula is C10H12N2O2S. The van der Waals surface area contributed by atoms with Gasteiger partial charge >= 0.3 is 6.09 Å². The van der Waals surface area contributed by atoms with Crippen LogP contribution in [0.4, 0.5) is 4.79 Å². The summed E-state index contributed by atoms with van der Waals surface area (Å²) in [5.41, 5.74) is 0.933. The number of carbonyl (C=O) groups is 1. The van der Waals surface area contributed by atoms with Crippen LogP contribution >= 0.6 is 12.2 Å². The molecule has 5 heteroatoms. The van der Waals surface area contributed by atoms with Gasteiger partial charge < -0.3 is 10.1 Å². The number of ether oxygens (including phenoxy) is 1. The van der Waals surface area contributed by atoms with Crippen molar-refractivity contribution in [1.29, 1.82) is 0 Å². The number of benzene rings is 1. The molecule has 0 aromatic heterocycles. The van der Waals surface area contributed by atoms with Crippen LogP contribution in [0.5, 0.6) is 0 Å². The summed E-state index contributed by atoms with van der Waals surface area (Å²) in [5, 5.41) is 5.22. The number of thiocarbonyl (C=S) groups is 1. The van der Waals surface area contributed by atoms with Crippen LogP contribution in [0, 0.1) is 0 Å². The van der Waals surface area contributed by atoms with Gasteiger partial charge in [0.15, 0.2) is 5.11 Å². The van der Waals surface area contributed by atoms with E-state index in [0.717, 1.165) is 5.56 Å². The minimum absolute atomic E-state index is 0.235. The zero-order valence-electron chi connectivity index (χ0n) is 8.32. The van der Waals surface area contributed by atoms with Crippen LogP contribution in [0.1, 0.15) is 5.56 Å². The van der Waals surface area contributed by atoms with E-state index in [4.69, 9.17) is 17.0 Å². The fourth-order valence-corrected chi connectivity index (χ4v) is 0.998. The lowest BCUT2D eigenvalue weighted by Crippen LogP contribution is -2.37. The third kappa shape index (κ3) is 4.42. The van der Waals surface area contributed by atoms with E-state index in [9.17, 15) is 4.79 Å². The third-order valence-electron chi connectivity index (χ3n) is 1.66. The van der Waals surface area contributed by atoms with E-state index in [0.29, 0.717) is 0 Å². The van der Waals surface area contributed by atoms with Crippen molar-refractivity contribution in [3.63, 3.8) is 0 Å². The molecule has 1 aromatic carbocycles. The van der Waals surface area contributed by atoms with E-state index in [-0.39, 0.29) is 11.7 Å². The van der Waals surface area contributed by atoms with Gasteiger partial charge in [-0.15, -0.1) is 0 Å². The maximum atomic E-state index is 11.1. The molecule has 0 unspecified atom stereocenters. The van der Waals surface area contributed by atoms with Gasteiger partial charge in [0.05, 0.1) is 0 Å². The molecule has 2 N–H and O–H groups in total. The summed E-state index contributed by atoms with van der Waals surface area (Å²) in [6.07, 6.45) is -0.557. The molecule has 1 aromatic rings. The fourth-order valence-electron chi connectivity index (χ4n) is 0.914. The predicted octanol–water partition coefficient (Wildman–Crippen LogP) is 1.42. The number of alkyl carbamates (subject to hydrolysis) is 1. The Morgan fingerprint density at radius 2 is 2.07 bits per heavy atom. The summed E-state index contributed by atoms with van der Waals surface area (Å²) in [6, 6.07) is 9.43. The average Bonchev–Trinajstić information content (AvgIpc) is 2.27. The summed E-state index contributed by atoms with van der Waals surface area (Å²) in [6.45, 7) is 0.235. The van der Waals surface area contributed by atoms with Gasteiger partial charge in [0.1, 0.15) is 6.61 Å². The number of nitrogens with one attached hydrogen (secondary N) is 2. The minimum Gasteiger partial charge on any atom is -0.444 e. The Kier molecular flexibility index (Phi) is 4.56. The molecule has 0 radical (unpaired) electrons. The second-order valence-corrected chi connectivity index (χ2v) is 3.17. The van der Waals surface area contributed by atoms with E-state index >= 15 is 0 Å². The highest BCUT2D eigenvalue weighted by Gasteiger charge is 2.03. The van der Waals surface area contributed by atoms with Crippen LogP contribution < -0.4 is 10.6 Å². The van der Waals surface area contributed by atoms with E-state index < -0.39 is 6.09 Å². The summed E-state index contributed by atoms with van der Waals surface area (Å²) in [4.78, 5) is 11.1. The van der Waals surface area contributed by atoms with Crippen molar-refractivity contribution in [1.82, 2.24) is 10.6 Å². The molecular weight excluding hydrogens is 212 g/mol. The first-order valence-corrected chi connectivity index (χ1v) is 4.82. The van der Waals surface area contributed by atoms with E-state index in [2.05, 4.69) is 10.6 Å². The van der Waals surface area contributed by atoms with Crippen LogP contribution in [-0.2, 0) is 11.3 Å². The lowest BCUT2D eigenvalue weighted by Gasteiger charge is -2.06. The zero-order chi connectivity index (χ0) is 11.1. The first-order valence-electron chi connectivity index (χ1n) is 4.42. The highest BCUT2D eigenvalue weighted by atomic mass is 32.1. The van der Waals surface area contributed by atoms with E-state index in [1.54, 1.807) is 7.05 Å². The van der Waals surface area contributed by atoms with E-state index in [1.807, 2.05) is 30.3 Å². The van der Waals surface area contributed by atoms with Gasteiger partial charge in [-0.05, 0) is 17.8 Å². The summed E-state index contributed by atoms with van der Waals surface area (Å²) in [7, 11) is 1.62. The molecule has 0 bridgehead atoms. The van der Waals surface area contributed by atoms with E-state index in [1.165, 1.54) is 0 Å². The first kappa shape index (κ1) is 11.5. The van der Waals surface area contributed by atoms with Crippen molar-refractivity contribution < 1.29 is 9.53 Å². The number of amides is 1. The predicted molar refractivity (Wildman–Crippen MR) is 61.4 cm³/mol.